The molecule has 1 unspecified atom stereocenters. The number of carbonyl (C=O) groups is 2. The van der Waals surface area contributed by atoms with Gasteiger partial charge in [0, 0.05) is 11.8 Å². The number of esters is 2. The number of ether oxygens (including phenoxy) is 7. The summed E-state index contributed by atoms with van der Waals surface area (Å²) in [6.07, 6.45) is -12.4. The van der Waals surface area contributed by atoms with E-state index in [1.165, 1.54) is 6.92 Å². The van der Waals surface area contributed by atoms with Gasteiger partial charge in [-0.3, -0.25) is 4.79 Å². The van der Waals surface area contributed by atoms with Gasteiger partial charge in [-0.05, 0) is 34.8 Å². The Balaban J connectivity index is 1.78. The number of hydrogen-bond acceptors (Lipinski definition) is 13. The van der Waals surface area contributed by atoms with Crippen molar-refractivity contribution in [2.75, 3.05) is 13.7 Å². The molecule has 280 valence electrons. The lowest BCUT2D eigenvalue weighted by atomic mass is 9.95. The van der Waals surface area contributed by atoms with Crippen molar-refractivity contribution in [3.8, 4) is 0 Å². The molecule has 0 radical (unpaired) electrons. The number of carbonyl (C=O) groups excluding carboxylic acids is 2. The predicted octanol–water partition coefficient (Wildman–Crippen LogP) is 4.15. The van der Waals surface area contributed by atoms with Crippen LogP contribution in [-0.4, -0.2) is 106 Å². The van der Waals surface area contributed by atoms with Crippen LogP contribution in [0.1, 0.15) is 38.8 Å². The van der Waals surface area contributed by atoms with Crippen LogP contribution in [0.15, 0.2) is 65.8 Å². The molecule has 2 saturated heterocycles. The molecule has 2 aliphatic heterocycles. The SMILES string of the molecule is COC(=O)[C@H]1OC(O)[C@H](O)[C@@H](OCc2ccccc2)[C@@H]1O[C@H]1O[C@H](COC(C)=O)[C@@H](O[Si](C)(C)C(C)(C)C)[C@H](OCc2ccccc2)[C@H]1N=[N+]=[N-]. The molecular weight excluding hydrogens is 682 g/mol. The summed E-state index contributed by atoms with van der Waals surface area (Å²) in [5, 5.41) is 25.5. The second kappa shape index (κ2) is 17.9. The van der Waals surface area contributed by atoms with Gasteiger partial charge in [0.05, 0.1) is 26.4 Å². The van der Waals surface area contributed by atoms with Crippen LogP contribution < -0.4 is 0 Å². The largest absolute Gasteiger partial charge is 0.467 e. The first-order chi connectivity index (χ1) is 24.2. The lowest BCUT2D eigenvalue weighted by Crippen LogP contribution is -2.67. The molecule has 0 spiro atoms. The van der Waals surface area contributed by atoms with E-state index < -0.39 is 81.6 Å². The van der Waals surface area contributed by atoms with Crippen LogP contribution in [-0.2, 0) is 60.4 Å². The number of aliphatic hydroxyl groups excluding tert-OH is 2. The van der Waals surface area contributed by atoms with Gasteiger partial charge in [0.15, 0.2) is 27.0 Å². The van der Waals surface area contributed by atoms with Crippen LogP contribution in [0.5, 0.6) is 0 Å². The molecule has 4 rings (SSSR count). The summed E-state index contributed by atoms with van der Waals surface area (Å²) >= 11 is 0. The minimum Gasteiger partial charge on any atom is -0.467 e. The Morgan fingerprint density at radius 2 is 1.47 bits per heavy atom. The van der Waals surface area contributed by atoms with E-state index in [1.807, 2.05) is 49.5 Å². The van der Waals surface area contributed by atoms with Gasteiger partial charge in [0.25, 0.3) is 0 Å². The Kier molecular flexibility index (Phi) is 14.1. The average molecular weight is 732 g/mol. The van der Waals surface area contributed by atoms with Gasteiger partial charge in [0.1, 0.15) is 43.2 Å². The summed E-state index contributed by atoms with van der Waals surface area (Å²) in [6.45, 7) is 11.3. The van der Waals surface area contributed by atoms with Crippen LogP contribution in [0.25, 0.3) is 10.4 Å². The van der Waals surface area contributed by atoms with Crippen molar-refractivity contribution in [2.24, 2.45) is 5.11 Å². The molecule has 2 aromatic carbocycles. The van der Waals surface area contributed by atoms with E-state index in [0.717, 1.165) is 18.2 Å². The number of aliphatic hydroxyl groups is 2. The molecule has 2 aromatic rings. The van der Waals surface area contributed by atoms with Gasteiger partial charge in [-0.1, -0.05) is 86.5 Å². The molecule has 0 aromatic heterocycles. The molecule has 0 saturated carbocycles. The van der Waals surface area contributed by atoms with E-state index in [0.29, 0.717) is 0 Å². The zero-order valence-corrected chi connectivity index (χ0v) is 31.0. The van der Waals surface area contributed by atoms with Crippen LogP contribution in [0.2, 0.25) is 18.1 Å². The van der Waals surface area contributed by atoms with Crippen molar-refractivity contribution >= 4 is 20.3 Å². The Morgan fingerprint density at radius 1 is 0.902 bits per heavy atom. The Morgan fingerprint density at radius 3 is 1.98 bits per heavy atom. The molecule has 2 N–H and O–H groups in total. The number of benzene rings is 2. The minimum atomic E-state index is -2.60. The summed E-state index contributed by atoms with van der Waals surface area (Å²) in [4.78, 5) is 28.2. The van der Waals surface area contributed by atoms with E-state index in [-0.39, 0.29) is 24.9 Å². The summed E-state index contributed by atoms with van der Waals surface area (Å²) in [7, 11) is -1.47. The number of azide groups is 1. The second-order valence-corrected chi connectivity index (χ2v) is 18.7. The third-order valence-electron chi connectivity index (χ3n) is 9.32. The minimum absolute atomic E-state index is 0.0331. The van der Waals surface area contributed by atoms with Gasteiger partial charge in [-0.2, -0.15) is 0 Å². The number of hydrogen-bond donors (Lipinski definition) is 2. The molecule has 51 heavy (non-hydrogen) atoms. The fourth-order valence-electron chi connectivity index (χ4n) is 5.54. The monoisotopic (exact) mass is 731 g/mol. The Bertz CT molecular complexity index is 1470. The zero-order chi connectivity index (χ0) is 37.3. The molecule has 10 atom stereocenters. The van der Waals surface area contributed by atoms with Crippen molar-refractivity contribution in [3.63, 3.8) is 0 Å². The summed E-state index contributed by atoms with van der Waals surface area (Å²) < 4.78 is 48.3. The average Bonchev–Trinajstić information content (AvgIpc) is 3.09. The van der Waals surface area contributed by atoms with E-state index >= 15 is 0 Å². The van der Waals surface area contributed by atoms with E-state index in [2.05, 4.69) is 30.8 Å². The van der Waals surface area contributed by atoms with Crippen LogP contribution in [0.3, 0.4) is 0 Å². The molecule has 15 nitrogen and oxygen atoms in total. The summed E-state index contributed by atoms with van der Waals surface area (Å²) in [6, 6.07) is 17.1. The van der Waals surface area contributed by atoms with Gasteiger partial charge >= 0.3 is 11.9 Å². The molecule has 0 amide bonds. The van der Waals surface area contributed by atoms with E-state index in [4.69, 9.17) is 37.6 Å². The number of rotatable bonds is 14. The molecule has 2 aliphatic rings. The topological polar surface area (TPSA) is 197 Å². The molecule has 0 bridgehead atoms. The molecule has 2 heterocycles. The van der Waals surface area contributed by atoms with Gasteiger partial charge in [-0.25, -0.2) is 4.79 Å². The zero-order valence-electron chi connectivity index (χ0n) is 30.0. The standard InChI is InChI=1S/C35H49N3O12Si/c1-21(39)44-20-24-27(50-51(6,7)35(2,3)4)28(45-18-22-14-10-8-11-15-22)25(37-38-36)34(47-24)49-30-29(46-19-23-16-12-9-13-17-23)26(40)32(41)48-31(30)33(42)43-5/h8-17,24-32,34,40-41H,18-20H2,1-7H3/t24-,25-,26-,27-,28-,29-,30+,31+,32?,34-/m1/s1. The number of methoxy groups -OCH3 is 1. The van der Waals surface area contributed by atoms with Crippen molar-refractivity contribution < 1.29 is 57.4 Å². The van der Waals surface area contributed by atoms with Gasteiger partial charge in [-0.15, -0.1) is 0 Å². The molecule has 16 heteroatoms. The van der Waals surface area contributed by atoms with Crippen molar-refractivity contribution in [1.82, 2.24) is 0 Å². The maximum absolute atomic E-state index is 13.1. The normalized spacial score (nSPS) is 29.8. The highest BCUT2D eigenvalue weighted by Gasteiger charge is 2.56. The summed E-state index contributed by atoms with van der Waals surface area (Å²) in [5.41, 5.74) is 11.4. The Hall–Kier alpha value is -3.41. The third-order valence-corrected chi connectivity index (χ3v) is 13.8. The van der Waals surface area contributed by atoms with Gasteiger partial charge in [0.2, 0.25) is 0 Å². The van der Waals surface area contributed by atoms with Crippen LogP contribution >= 0.6 is 0 Å². The first-order valence-corrected chi connectivity index (χ1v) is 19.6. The Labute approximate surface area is 298 Å². The highest BCUT2D eigenvalue weighted by molar-refractivity contribution is 6.74. The second-order valence-electron chi connectivity index (χ2n) is 14.0. The molecular formula is C35H49N3O12Si. The fraction of sp³-hybridized carbons (Fsp3) is 0.600. The highest BCUT2D eigenvalue weighted by atomic mass is 28.4. The third kappa shape index (κ3) is 10.4. The lowest BCUT2D eigenvalue weighted by molar-refractivity contribution is -0.340. The fourth-order valence-corrected chi connectivity index (χ4v) is 6.86. The quantitative estimate of drug-likeness (QED) is 0.0927. The van der Waals surface area contributed by atoms with E-state index in [1.54, 1.807) is 24.3 Å². The van der Waals surface area contributed by atoms with Crippen molar-refractivity contribution in [3.05, 3.63) is 82.2 Å². The van der Waals surface area contributed by atoms with Gasteiger partial charge < -0.3 is 47.8 Å². The highest BCUT2D eigenvalue weighted by Crippen LogP contribution is 2.41. The first-order valence-electron chi connectivity index (χ1n) is 16.7. The number of nitrogens with zero attached hydrogens (tertiary/aromatic N) is 3. The maximum Gasteiger partial charge on any atom is 0.337 e. The summed E-state index contributed by atoms with van der Waals surface area (Å²) in [5.74, 6) is -1.50. The molecule has 0 aliphatic carbocycles. The lowest BCUT2D eigenvalue weighted by Gasteiger charge is -2.50. The molecule has 2 fully saturated rings. The van der Waals surface area contributed by atoms with Crippen molar-refractivity contribution in [1.29, 1.82) is 0 Å². The van der Waals surface area contributed by atoms with Crippen LogP contribution in [0, 0.1) is 0 Å². The first kappa shape index (κ1) is 40.4. The van der Waals surface area contributed by atoms with Crippen LogP contribution in [0.4, 0.5) is 0 Å². The smallest absolute Gasteiger partial charge is 0.337 e. The van der Waals surface area contributed by atoms with E-state index in [9.17, 15) is 25.3 Å². The maximum atomic E-state index is 13.1. The van der Waals surface area contributed by atoms with Crippen molar-refractivity contribution in [2.45, 2.75) is 120 Å². The predicted molar refractivity (Wildman–Crippen MR) is 184 cm³/mol.